The molecule has 3 aromatic carbocycles. The number of aromatic nitrogens is 1. The molecule has 1 aliphatic rings. The van der Waals surface area contributed by atoms with Crippen LogP contribution >= 0.6 is 0 Å². The average Bonchev–Trinajstić information content (AvgIpc) is 3.41. The lowest BCUT2D eigenvalue weighted by atomic mass is 10.1. The van der Waals surface area contributed by atoms with Gasteiger partial charge >= 0.3 is 0 Å². The van der Waals surface area contributed by atoms with Gasteiger partial charge in [-0.15, -0.1) is 0 Å². The van der Waals surface area contributed by atoms with Crippen LogP contribution in [0.5, 0.6) is 0 Å². The van der Waals surface area contributed by atoms with Gasteiger partial charge in [-0.3, -0.25) is 9.59 Å². The van der Waals surface area contributed by atoms with Crippen molar-refractivity contribution < 1.29 is 18.0 Å². The van der Waals surface area contributed by atoms with E-state index in [1.54, 1.807) is 66.9 Å². The van der Waals surface area contributed by atoms with E-state index >= 15 is 0 Å². The summed E-state index contributed by atoms with van der Waals surface area (Å²) in [5.74, 6) is -0.529. The Kier molecular flexibility index (Phi) is 6.49. The number of carbonyl (C=O) groups is 2. The van der Waals surface area contributed by atoms with E-state index < -0.39 is 27.9 Å². The second-order valence-electron chi connectivity index (χ2n) is 8.49. The van der Waals surface area contributed by atoms with Gasteiger partial charge in [-0.1, -0.05) is 48.5 Å². The van der Waals surface area contributed by atoms with E-state index in [4.69, 9.17) is 0 Å². The SMILES string of the molecule is O=C(Nc1ccccn1)c1ccccc1NC(=O)C1CCCN1S(=O)(=O)c1ccc2ccccc2c1. The molecule has 9 heteroatoms. The van der Waals surface area contributed by atoms with E-state index in [0.29, 0.717) is 24.3 Å². The van der Waals surface area contributed by atoms with Gasteiger partial charge in [0.25, 0.3) is 5.91 Å². The summed E-state index contributed by atoms with van der Waals surface area (Å²) >= 11 is 0. The Labute approximate surface area is 209 Å². The van der Waals surface area contributed by atoms with Crippen LogP contribution in [0.3, 0.4) is 0 Å². The Bertz CT molecular complexity index is 1540. The van der Waals surface area contributed by atoms with Gasteiger partial charge in [0.1, 0.15) is 11.9 Å². The number of sulfonamides is 1. The fourth-order valence-corrected chi connectivity index (χ4v) is 6.07. The Balaban J connectivity index is 1.37. The third-order valence-electron chi connectivity index (χ3n) is 6.17. The highest BCUT2D eigenvalue weighted by atomic mass is 32.2. The first kappa shape index (κ1) is 23.7. The largest absolute Gasteiger partial charge is 0.324 e. The lowest BCUT2D eigenvalue weighted by Crippen LogP contribution is -2.43. The molecule has 2 amide bonds. The van der Waals surface area contributed by atoms with Crippen molar-refractivity contribution in [1.82, 2.24) is 9.29 Å². The normalized spacial score (nSPS) is 16.1. The summed E-state index contributed by atoms with van der Waals surface area (Å²) in [6, 6.07) is 23.4. The summed E-state index contributed by atoms with van der Waals surface area (Å²) in [4.78, 5) is 30.4. The van der Waals surface area contributed by atoms with E-state index in [2.05, 4.69) is 15.6 Å². The summed E-state index contributed by atoms with van der Waals surface area (Å²) in [7, 11) is -3.90. The predicted octanol–water partition coefficient (Wildman–Crippen LogP) is 4.28. The lowest BCUT2D eigenvalue weighted by Gasteiger charge is -2.24. The molecule has 2 heterocycles. The average molecular weight is 501 g/mol. The van der Waals surface area contributed by atoms with Crippen molar-refractivity contribution in [3.8, 4) is 0 Å². The van der Waals surface area contributed by atoms with Gasteiger partial charge in [-0.25, -0.2) is 13.4 Å². The van der Waals surface area contributed by atoms with Crippen molar-refractivity contribution in [3.63, 3.8) is 0 Å². The highest BCUT2D eigenvalue weighted by Gasteiger charge is 2.39. The number of rotatable bonds is 6. The zero-order chi connectivity index (χ0) is 25.1. The molecule has 0 spiro atoms. The van der Waals surface area contributed by atoms with Gasteiger partial charge in [-0.2, -0.15) is 4.31 Å². The Morgan fingerprint density at radius 1 is 0.861 bits per heavy atom. The minimum absolute atomic E-state index is 0.149. The molecule has 1 fully saturated rings. The zero-order valence-electron chi connectivity index (χ0n) is 19.3. The monoisotopic (exact) mass is 500 g/mol. The van der Waals surface area contributed by atoms with Gasteiger partial charge < -0.3 is 10.6 Å². The van der Waals surface area contributed by atoms with Crippen LogP contribution < -0.4 is 10.6 Å². The van der Waals surface area contributed by atoms with E-state index in [0.717, 1.165) is 10.8 Å². The van der Waals surface area contributed by atoms with E-state index in [1.165, 1.54) is 4.31 Å². The van der Waals surface area contributed by atoms with Crippen LogP contribution in [-0.4, -0.2) is 42.1 Å². The predicted molar refractivity (Wildman–Crippen MR) is 138 cm³/mol. The number of fused-ring (bicyclic) bond motifs is 1. The molecule has 5 rings (SSSR count). The molecule has 1 aliphatic heterocycles. The highest BCUT2D eigenvalue weighted by molar-refractivity contribution is 7.89. The molecule has 8 nitrogen and oxygen atoms in total. The van der Waals surface area contributed by atoms with Crippen molar-refractivity contribution in [2.45, 2.75) is 23.8 Å². The molecule has 2 N–H and O–H groups in total. The number of hydrogen-bond donors (Lipinski definition) is 2. The fourth-order valence-electron chi connectivity index (χ4n) is 4.38. The molecule has 4 aromatic rings. The summed E-state index contributed by atoms with van der Waals surface area (Å²) < 4.78 is 28.3. The van der Waals surface area contributed by atoms with Gasteiger partial charge in [0.2, 0.25) is 15.9 Å². The van der Waals surface area contributed by atoms with Crippen LogP contribution in [0.1, 0.15) is 23.2 Å². The summed E-state index contributed by atoms with van der Waals surface area (Å²) in [5, 5.41) is 7.23. The van der Waals surface area contributed by atoms with Gasteiger partial charge in [0, 0.05) is 12.7 Å². The number of carbonyl (C=O) groups excluding carboxylic acids is 2. The van der Waals surface area contributed by atoms with Crippen LogP contribution in [0.2, 0.25) is 0 Å². The van der Waals surface area contributed by atoms with Gasteiger partial charge in [0.15, 0.2) is 0 Å². The molecular formula is C27H24N4O4S. The smallest absolute Gasteiger partial charge is 0.258 e. The maximum atomic E-state index is 13.5. The van der Waals surface area contributed by atoms with Crippen molar-refractivity contribution in [1.29, 1.82) is 0 Å². The molecule has 1 unspecified atom stereocenters. The number of pyridine rings is 1. The number of amides is 2. The summed E-state index contributed by atoms with van der Waals surface area (Å²) in [6.07, 6.45) is 2.52. The molecule has 0 saturated carbocycles. The van der Waals surface area contributed by atoms with Gasteiger partial charge in [-0.05, 0) is 60.0 Å². The number of anilines is 2. The molecule has 36 heavy (non-hydrogen) atoms. The first-order chi connectivity index (χ1) is 17.4. The van der Waals surface area contributed by atoms with E-state index in [-0.39, 0.29) is 17.0 Å². The molecule has 1 aromatic heterocycles. The van der Waals surface area contributed by atoms with Crippen molar-refractivity contribution in [2.24, 2.45) is 0 Å². The van der Waals surface area contributed by atoms with E-state index in [9.17, 15) is 18.0 Å². The maximum Gasteiger partial charge on any atom is 0.258 e. The molecule has 0 bridgehead atoms. The first-order valence-electron chi connectivity index (χ1n) is 11.6. The molecule has 0 radical (unpaired) electrons. The topological polar surface area (TPSA) is 108 Å². The first-order valence-corrected chi connectivity index (χ1v) is 13.0. The third-order valence-corrected chi connectivity index (χ3v) is 8.07. The lowest BCUT2D eigenvalue weighted by molar-refractivity contribution is -0.119. The van der Waals surface area contributed by atoms with Crippen LogP contribution in [-0.2, 0) is 14.8 Å². The summed E-state index contributed by atoms with van der Waals surface area (Å²) in [5.41, 5.74) is 0.546. The Morgan fingerprint density at radius 3 is 2.42 bits per heavy atom. The Morgan fingerprint density at radius 2 is 1.61 bits per heavy atom. The standard InChI is InChI=1S/C27H24N4O4S/c32-26(30-25-13-5-6-16-28-25)22-10-3-4-11-23(22)29-27(33)24-12-7-17-31(24)36(34,35)21-15-14-19-8-1-2-9-20(19)18-21/h1-6,8-11,13-16,18,24H,7,12,17H2,(H,29,33)(H,28,30,32). The van der Waals surface area contributed by atoms with Crippen molar-refractivity contribution >= 4 is 44.1 Å². The number of nitrogens with one attached hydrogen (secondary N) is 2. The maximum absolute atomic E-state index is 13.5. The molecular weight excluding hydrogens is 476 g/mol. The molecule has 182 valence electrons. The zero-order valence-corrected chi connectivity index (χ0v) is 20.1. The second-order valence-corrected chi connectivity index (χ2v) is 10.4. The third kappa shape index (κ3) is 4.71. The fraction of sp³-hybridized carbons (Fsp3) is 0.148. The minimum atomic E-state index is -3.90. The quantitative estimate of drug-likeness (QED) is 0.411. The van der Waals surface area contributed by atoms with Crippen LogP contribution in [0.25, 0.3) is 10.8 Å². The minimum Gasteiger partial charge on any atom is -0.324 e. The number of nitrogens with zero attached hydrogens (tertiary/aromatic N) is 2. The van der Waals surface area contributed by atoms with Crippen molar-refractivity contribution in [3.05, 3.63) is 96.7 Å². The Hall–Kier alpha value is -4.08. The van der Waals surface area contributed by atoms with Gasteiger partial charge in [0.05, 0.1) is 16.1 Å². The van der Waals surface area contributed by atoms with E-state index in [1.807, 2.05) is 24.3 Å². The molecule has 1 atom stereocenters. The van der Waals surface area contributed by atoms with Crippen LogP contribution in [0.4, 0.5) is 11.5 Å². The summed E-state index contributed by atoms with van der Waals surface area (Å²) in [6.45, 7) is 0.245. The number of hydrogen-bond acceptors (Lipinski definition) is 5. The van der Waals surface area contributed by atoms with Crippen LogP contribution in [0, 0.1) is 0 Å². The highest BCUT2D eigenvalue weighted by Crippen LogP contribution is 2.29. The van der Waals surface area contributed by atoms with Crippen molar-refractivity contribution in [2.75, 3.05) is 17.2 Å². The molecule has 1 saturated heterocycles. The molecule has 0 aliphatic carbocycles. The van der Waals surface area contributed by atoms with Crippen LogP contribution in [0.15, 0.2) is 96.0 Å². The second kappa shape index (κ2) is 9.88. The number of para-hydroxylation sites is 1. The number of benzene rings is 3.